The number of β-amino-alcohol motifs (C(OH)–C–C–N with tert-alkyl or cyclic N) is 1. The number of carbonyl (C=O) groups excluding carboxylic acids is 1. The van der Waals surface area contributed by atoms with Crippen molar-refractivity contribution >= 4 is 17.5 Å². The number of amides is 1. The summed E-state index contributed by atoms with van der Waals surface area (Å²) in [6, 6.07) is 7.54. The van der Waals surface area contributed by atoms with Crippen molar-refractivity contribution in [2.75, 3.05) is 23.3 Å². The van der Waals surface area contributed by atoms with Crippen LogP contribution in [0.3, 0.4) is 0 Å². The molecule has 0 bridgehead atoms. The van der Waals surface area contributed by atoms with Crippen molar-refractivity contribution in [3.05, 3.63) is 42.0 Å². The van der Waals surface area contributed by atoms with Crippen LogP contribution in [0.2, 0.25) is 0 Å². The predicted molar refractivity (Wildman–Crippen MR) is 97.0 cm³/mol. The molecule has 3 heterocycles. The molecule has 1 amide bonds. The smallest absolute Gasteiger partial charge is 0.267 e. The van der Waals surface area contributed by atoms with Gasteiger partial charge in [0, 0.05) is 36.8 Å². The Balaban J connectivity index is 1.36. The molecule has 8 heteroatoms. The number of nitrogens with zero attached hydrogens (tertiary/aromatic N) is 4. The summed E-state index contributed by atoms with van der Waals surface area (Å²) in [7, 11) is 0. The Labute approximate surface area is 151 Å². The molecule has 1 saturated carbocycles. The molecule has 0 spiro atoms. The van der Waals surface area contributed by atoms with E-state index in [0.29, 0.717) is 24.3 Å². The number of nitrogens with one attached hydrogen (secondary N) is 1. The minimum absolute atomic E-state index is 0.263. The van der Waals surface area contributed by atoms with Crippen LogP contribution in [0.4, 0.5) is 11.6 Å². The Morgan fingerprint density at radius 2 is 2.15 bits per heavy atom. The van der Waals surface area contributed by atoms with E-state index in [1.165, 1.54) is 0 Å². The molecular formula is C18H22N6O2. The van der Waals surface area contributed by atoms with E-state index in [4.69, 9.17) is 5.73 Å². The number of carbonyl (C=O) groups is 1. The van der Waals surface area contributed by atoms with Gasteiger partial charge in [0.25, 0.3) is 5.91 Å². The van der Waals surface area contributed by atoms with Crippen LogP contribution in [0.25, 0.3) is 0 Å². The van der Waals surface area contributed by atoms with E-state index in [9.17, 15) is 9.90 Å². The summed E-state index contributed by atoms with van der Waals surface area (Å²) in [5.41, 5.74) is 6.57. The SMILES string of the molecule is NC(=O)c1cccc(NC2CC(c3cc(N4CC[C@@H](O)C4)ncn3)C2)n1. The molecule has 2 aromatic rings. The number of aliphatic hydroxyl groups excluding tert-OH is 1. The van der Waals surface area contributed by atoms with Gasteiger partial charge in [-0.1, -0.05) is 6.07 Å². The van der Waals surface area contributed by atoms with Crippen LogP contribution in [-0.4, -0.2) is 51.2 Å². The Kier molecular flexibility index (Phi) is 4.42. The average molecular weight is 354 g/mol. The second kappa shape index (κ2) is 6.87. The van der Waals surface area contributed by atoms with Gasteiger partial charge in [0.05, 0.1) is 6.10 Å². The number of aliphatic hydroxyl groups is 1. The Morgan fingerprint density at radius 1 is 1.31 bits per heavy atom. The topological polar surface area (TPSA) is 117 Å². The summed E-state index contributed by atoms with van der Waals surface area (Å²) >= 11 is 0. The van der Waals surface area contributed by atoms with E-state index < -0.39 is 5.91 Å². The first-order valence-electron chi connectivity index (χ1n) is 8.87. The van der Waals surface area contributed by atoms with Gasteiger partial charge in [-0.2, -0.15) is 0 Å². The van der Waals surface area contributed by atoms with Gasteiger partial charge in [0.15, 0.2) is 0 Å². The molecule has 8 nitrogen and oxygen atoms in total. The van der Waals surface area contributed by atoms with Gasteiger partial charge in [-0.3, -0.25) is 4.79 Å². The van der Waals surface area contributed by atoms with E-state index in [-0.39, 0.29) is 11.8 Å². The molecule has 4 N–H and O–H groups in total. The fourth-order valence-corrected chi connectivity index (χ4v) is 3.55. The molecule has 26 heavy (non-hydrogen) atoms. The fourth-order valence-electron chi connectivity index (χ4n) is 3.55. The molecule has 0 radical (unpaired) electrons. The molecule has 1 aliphatic carbocycles. The minimum atomic E-state index is -0.527. The van der Waals surface area contributed by atoms with Crippen LogP contribution in [0, 0.1) is 0 Å². The number of hydrogen-bond donors (Lipinski definition) is 3. The Hall–Kier alpha value is -2.74. The van der Waals surface area contributed by atoms with Crippen molar-refractivity contribution in [2.45, 2.75) is 37.3 Å². The quantitative estimate of drug-likeness (QED) is 0.730. The third kappa shape index (κ3) is 3.45. The molecular weight excluding hydrogens is 332 g/mol. The number of anilines is 2. The zero-order valence-corrected chi connectivity index (χ0v) is 14.4. The number of nitrogens with two attached hydrogens (primary N) is 1. The van der Waals surface area contributed by atoms with Crippen molar-refractivity contribution in [3.63, 3.8) is 0 Å². The lowest BCUT2D eigenvalue weighted by molar-refractivity contribution is 0.0995. The average Bonchev–Trinajstić information content (AvgIpc) is 3.04. The van der Waals surface area contributed by atoms with Gasteiger partial charge in [-0.15, -0.1) is 0 Å². The second-order valence-corrected chi connectivity index (χ2v) is 6.97. The van der Waals surface area contributed by atoms with E-state index in [2.05, 4.69) is 25.2 Å². The zero-order chi connectivity index (χ0) is 18.1. The maximum Gasteiger partial charge on any atom is 0.267 e. The fraction of sp³-hybridized carbons (Fsp3) is 0.444. The largest absolute Gasteiger partial charge is 0.391 e. The first kappa shape index (κ1) is 16.7. The van der Waals surface area contributed by atoms with Crippen molar-refractivity contribution in [3.8, 4) is 0 Å². The van der Waals surface area contributed by atoms with Gasteiger partial charge in [0.2, 0.25) is 0 Å². The summed E-state index contributed by atoms with van der Waals surface area (Å²) in [6.07, 6.45) is 4.01. The molecule has 0 unspecified atom stereocenters. The van der Waals surface area contributed by atoms with E-state index in [0.717, 1.165) is 37.3 Å². The summed E-state index contributed by atoms with van der Waals surface area (Å²) in [5, 5.41) is 13.0. The van der Waals surface area contributed by atoms with Gasteiger partial charge >= 0.3 is 0 Å². The highest BCUT2D eigenvalue weighted by Crippen LogP contribution is 2.38. The van der Waals surface area contributed by atoms with Gasteiger partial charge in [-0.25, -0.2) is 15.0 Å². The summed E-state index contributed by atoms with van der Waals surface area (Å²) in [5.74, 6) is 1.40. The second-order valence-electron chi connectivity index (χ2n) is 6.97. The molecule has 2 fully saturated rings. The highest BCUT2D eigenvalue weighted by Gasteiger charge is 2.32. The molecule has 0 aromatic carbocycles. The van der Waals surface area contributed by atoms with Crippen molar-refractivity contribution in [1.29, 1.82) is 0 Å². The van der Waals surface area contributed by atoms with Crippen LogP contribution in [0.15, 0.2) is 30.6 Å². The van der Waals surface area contributed by atoms with E-state index in [1.54, 1.807) is 18.5 Å². The third-order valence-corrected chi connectivity index (χ3v) is 5.07. The van der Waals surface area contributed by atoms with E-state index in [1.807, 2.05) is 12.1 Å². The number of aromatic nitrogens is 3. The molecule has 1 atom stereocenters. The van der Waals surface area contributed by atoms with Gasteiger partial charge < -0.3 is 21.1 Å². The molecule has 2 aliphatic rings. The van der Waals surface area contributed by atoms with Gasteiger partial charge in [-0.05, 0) is 31.4 Å². The molecule has 4 rings (SSSR count). The first-order valence-corrected chi connectivity index (χ1v) is 8.87. The van der Waals surface area contributed by atoms with Crippen LogP contribution in [-0.2, 0) is 0 Å². The van der Waals surface area contributed by atoms with Gasteiger partial charge in [0.1, 0.15) is 23.7 Å². The summed E-state index contributed by atoms with van der Waals surface area (Å²) in [4.78, 5) is 26.3. The Bertz CT molecular complexity index is 808. The van der Waals surface area contributed by atoms with Crippen molar-refractivity contribution < 1.29 is 9.90 Å². The number of pyridine rings is 1. The van der Waals surface area contributed by atoms with Crippen molar-refractivity contribution in [2.24, 2.45) is 5.73 Å². The monoisotopic (exact) mass is 354 g/mol. The lowest BCUT2D eigenvalue weighted by atomic mass is 9.78. The lowest BCUT2D eigenvalue weighted by Crippen LogP contribution is -2.35. The molecule has 1 saturated heterocycles. The number of hydrogen-bond acceptors (Lipinski definition) is 7. The molecule has 2 aromatic heterocycles. The highest BCUT2D eigenvalue weighted by atomic mass is 16.3. The molecule has 136 valence electrons. The third-order valence-electron chi connectivity index (χ3n) is 5.07. The number of primary amides is 1. The van der Waals surface area contributed by atoms with Crippen LogP contribution >= 0.6 is 0 Å². The van der Waals surface area contributed by atoms with Crippen LogP contribution in [0.5, 0.6) is 0 Å². The van der Waals surface area contributed by atoms with E-state index >= 15 is 0 Å². The normalized spacial score (nSPS) is 25.0. The maximum atomic E-state index is 11.2. The summed E-state index contributed by atoms with van der Waals surface area (Å²) < 4.78 is 0. The highest BCUT2D eigenvalue weighted by molar-refractivity contribution is 5.91. The standard InChI is InChI=1S/C18H22N6O2/c19-18(26)14-2-1-3-16(23-14)22-12-6-11(7-12)15-8-17(21-10-20-15)24-5-4-13(25)9-24/h1-3,8,10-13,25H,4-7,9H2,(H2,19,26)(H,22,23)/t11?,12?,13-/m1/s1. The number of rotatable bonds is 5. The van der Waals surface area contributed by atoms with Crippen LogP contribution in [0.1, 0.15) is 41.4 Å². The van der Waals surface area contributed by atoms with Crippen LogP contribution < -0.4 is 16.0 Å². The zero-order valence-electron chi connectivity index (χ0n) is 14.4. The van der Waals surface area contributed by atoms with Crippen molar-refractivity contribution in [1.82, 2.24) is 15.0 Å². The predicted octanol–water partition coefficient (Wildman–Crippen LogP) is 0.900. The summed E-state index contributed by atoms with van der Waals surface area (Å²) in [6.45, 7) is 1.46. The first-order chi connectivity index (χ1) is 12.6. The lowest BCUT2D eigenvalue weighted by Gasteiger charge is -2.36. The minimum Gasteiger partial charge on any atom is -0.391 e. The maximum absolute atomic E-state index is 11.2. The molecule has 1 aliphatic heterocycles. The Morgan fingerprint density at radius 3 is 2.88 bits per heavy atom.